The first-order valence-corrected chi connectivity index (χ1v) is 8.91. The van der Waals surface area contributed by atoms with Crippen LogP contribution in [0.25, 0.3) is 0 Å². The largest absolute Gasteiger partial charge is 0.381 e. The van der Waals surface area contributed by atoms with Gasteiger partial charge in [-0.3, -0.25) is 19.6 Å². The SMILES string of the molecule is COCCN1C(C)=[N+](Cc2cnccn2)C2C(=O)c3ccccc3C(=O)C21. The van der Waals surface area contributed by atoms with Crippen molar-refractivity contribution < 1.29 is 18.9 Å². The lowest BCUT2D eigenvalue weighted by atomic mass is 9.82. The molecule has 4 rings (SSSR count). The van der Waals surface area contributed by atoms with Crippen molar-refractivity contribution in [3.05, 3.63) is 59.7 Å². The Morgan fingerprint density at radius 1 is 1.15 bits per heavy atom. The number of hydrogen-bond acceptors (Lipinski definition) is 6. The molecule has 2 aliphatic rings. The third kappa shape index (κ3) is 2.84. The number of benzene rings is 1. The first kappa shape index (κ1) is 17.5. The van der Waals surface area contributed by atoms with Crippen molar-refractivity contribution in [2.24, 2.45) is 0 Å². The zero-order valence-corrected chi connectivity index (χ0v) is 15.3. The van der Waals surface area contributed by atoms with Crippen LogP contribution in [0.15, 0.2) is 42.9 Å². The van der Waals surface area contributed by atoms with Gasteiger partial charge in [-0.05, 0) is 0 Å². The van der Waals surface area contributed by atoms with Crippen LogP contribution in [0.2, 0.25) is 0 Å². The molecule has 138 valence electrons. The number of aromatic nitrogens is 2. The normalized spacial score (nSPS) is 21.5. The summed E-state index contributed by atoms with van der Waals surface area (Å²) in [7, 11) is 1.63. The van der Waals surface area contributed by atoms with Gasteiger partial charge in [0.1, 0.15) is 13.1 Å². The number of carbonyl (C=O) groups excluding carboxylic acids is 2. The maximum Gasteiger partial charge on any atom is 0.245 e. The minimum Gasteiger partial charge on any atom is -0.381 e. The second kappa shape index (κ2) is 7.00. The Bertz CT molecular complexity index is 926. The molecule has 1 aliphatic carbocycles. The molecule has 0 radical (unpaired) electrons. The summed E-state index contributed by atoms with van der Waals surface area (Å²) in [5.41, 5.74) is 1.75. The maximum absolute atomic E-state index is 13.3. The lowest BCUT2D eigenvalue weighted by Gasteiger charge is -2.27. The molecule has 0 bridgehead atoms. The standard InChI is InChI=1S/C20H21N4O3/c1-13-23(9-10-27-2)17-18(24(13)12-14-11-21-7-8-22-14)20(26)16-6-4-3-5-15(16)19(17)25/h3-8,11,17-18H,9-10,12H2,1-2H3/q+1. The maximum atomic E-state index is 13.3. The first-order valence-electron chi connectivity index (χ1n) is 8.91. The summed E-state index contributed by atoms with van der Waals surface area (Å²) in [5.74, 6) is 0.827. The number of ketones is 2. The van der Waals surface area contributed by atoms with Crippen LogP contribution in [0.5, 0.6) is 0 Å². The number of Topliss-reactive ketones (excluding diaryl/α,β-unsaturated/α-hetero) is 2. The van der Waals surface area contributed by atoms with E-state index in [0.717, 1.165) is 11.5 Å². The average molecular weight is 365 g/mol. The number of fused-ring (bicyclic) bond motifs is 2. The summed E-state index contributed by atoms with van der Waals surface area (Å²) in [6.45, 7) is 3.38. The van der Waals surface area contributed by atoms with Crippen molar-refractivity contribution in [1.29, 1.82) is 0 Å². The van der Waals surface area contributed by atoms with Gasteiger partial charge in [-0.25, -0.2) is 9.48 Å². The van der Waals surface area contributed by atoms with Gasteiger partial charge in [0.2, 0.25) is 29.5 Å². The lowest BCUT2D eigenvalue weighted by molar-refractivity contribution is -0.559. The molecule has 7 heteroatoms. The molecule has 2 heterocycles. The minimum absolute atomic E-state index is 0.0210. The fourth-order valence-electron chi connectivity index (χ4n) is 4.00. The molecule has 0 saturated heterocycles. The minimum atomic E-state index is -0.564. The smallest absolute Gasteiger partial charge is 0.245 e. The summed E-state index contributed by atoms with van der Waals surface area (Å²) in [5, 5.41) is 0. The van der Waals surface area contributed by atoms with E-state index in [1.54, 1.807) is 50.0 Å². The van der Waals surface area contributed by atoms with E-state index in [1.807, 2.05) is 16.4 Å². The second-order valence-corrected chi connectivity index (χ2v) is 6.72. The van der Waals surface area contributed by atoms with Crippen molar-refractivity contribution in [3.8, 4) is 0 Å². The third-order valence-corrected chi connectivity index (χ3v) is 5.28. The summed E-state index contributed by atoms with van der Waals surface area (Å²) in [6.07, 6.45) is 4.93. The van der Waals surface area contributed by atoms with Crippen LogP contribution in [0.4, 0.5) is 0 Å². The van der Waals surface area contributed by atoms with Gasteiger partial charge in [0.15, 0.2) is 0 Å². The predicted molar refractivity (Wildman–Crippen MR) is 97.9 cm³/mol. The first-order chi connectivity index (χ1) is 13.1. The Balaban J connectivity index is 1.79. The molecule has 1 aliphatic heterocycles. The number of hydrogen-bond donors (Lipinski definition) is 0. The van der Waals surface area contributed by atoms with Crippen LogP contribution >= 0.6 is 0 Å². The van der Waals surface area contributed by atoms with Crippen molar-refractivity contribution in [2.75, 3.05) is 20.3 Å². The van der Waals surface area contributed by atoms with Crippen LogP contribution in [-0.2, 0) is 11.3 Å². The molecule has 27 heavy (non-hydrogen) atoms. The summed E-state index contributed by atoms with van der Waals surface area (Å²) in [6, 6.07) is 5.96. The van der Waals surface area contributed by atoms with Crippen molar-refractivity contribution >= 4 is 17.4 Å². The van der Waals surface area contributed by atoms with Crippen molar-refractivity contribution in [3.63, 3.8) is 0 Å². The summed E-state index contributed by atoms with van der Waals surface area (Å²) < 4.78 is 7.20. The van der Waals surface area contributed by atoms with E-state index in [-0.39, 0.29) is 11.6 Å². The molecule has 0 fully saturated rings. The molecule has 2 atom stereocenters. The van der Waals surface area contributed by atoms with E-state index in [4.69, 9.17) is 4.74 Å². The Kier molecular flexibility index (Phi) is 4.53. The zero-order chi connectivity index (χ0) is 19.0. The zero-order valence-electron chi connectivity index (χ0n) is 15.3. The molecule has 1 aromatic heterocycles. The van der Waals surface area contributed by atoms with Gasteiger partial charge in [-0.2, -0.15) is 0 Å². The van der Waals surface area contributed by atoms with E-state index in [1.165, 1.54) is 0 Å². The van der Waals surface area contributed by atoms with Gasteiger partial charge in [0.05, 0.1) is 18.5 Å². The van der Waals surface area contributed by atoms with Crippen molar-refractivity contribution in [1.82, 2.24) is 14.9 Å². The molecule has 0 amide bonds. The highest BCUT2D eigenvalue weighted by Gasteiger charge is 2.57. The highest BCUT2D eigenvalue weighted by Crippen LogP contribution is 2.31. The van der Waals surface area contributed by atoms with Crippen LogP contribution in [-0.4, -0.2) is 69.2 Å². The highest BCUT2D eigenvalue weighted by atomic mass is 16.5. The van der Waals surface area contributed by atoms with Gasteiger partial charge < -0.3 is 4.74 Å². The number of amidine groups is 1. The van der Waals surface area contributed by atoms with E-state index in [2.05, 4.69) is 9.97 Å². The van der Waals surface area contributed by atoms with E-state index < -0.39 is 12.1 Å². The molecule has 7 nitrogen and oxygen atoms in total. The Morgan fingerprint density at radius 2 is 1.89 bits per heavy atom. The molecule has 0 spiro atoms. The quantitative estimate of drug-likeness (QED) is 0.741. The van der Waals surface area contributed by atoms with Gasteiger partial charge in [0, 0.05) is 37.6 Å². The van der Waals surface area contributed by atoms with Crippen LogP contribution in [0.3, 0.4) is 0 Å². The Morgan fingerprint density at radius 3 is 2.56 bits per heavy atom. The van der Waals surface area contributed by atoms with Gasteiger partial charge in [-0.15, -0.1) is 0 Å². The van der Waals surface area contributed by atoms with Crippen LogP contribution in [0, 0.1) is 0 Å². The van der Waals surface area contributed by atoms with E-state index in [0.29, 0.717) is 30.8 Å². The number of carbonyl (C=O) groups is 2. The topological polar surface area (TPSA) is 75.4 Å². The summed E-state index contributed by atoms with van der Waals surface area (Å²) >= 11 is 0. The summed E-state index contributed by atoms with van der Waals surface area (Å²) in [4.78, 5) is 37.0. The number of nitrogens with zero attached hydrogens (tertiary/aromatic N) is 4. The number of methoxy groups -OCH3 is 1. The number of rotatable bonds is 5. The lowest BCUT2D eigenvalue weighted by Crippen LogP contribution is -2.53. The molecule has 2 unspecified atom stereocenters. The Labute approximate surface area is 157 Å². The van der Waals surface area contributed by atoms with Gasteiger partial charge in [0.25, 0.3) is 0 Å². The molecule has 0 N–H and O–H groups in total. The molecule has 0 saturated carbocycles. The highest BCUT2D eigenvalue weighted by molar-refractivity contribution is 6.20. The van der Waals surface area contributed by atoms with Gasteiger partial charge in [-0.1, -0.05) is 24.3 Å². The second-order valence-electron chi connectivity index (χ2n) is 6.72. The van der Waals surface area contributed by atoms with Crippen LogP contribution < -0.4 is 0 Å². The van der Waals surface area contributed by atoms with E-state index in [9.17, 15) is 9.59 Å². The fraction of sp³-hybridized carbons (Fsp3) is 0.350. The molecular formula is C20H21N4O3+. The molecular weight excluding hydrogens is 344 g/mol. The average Bonchev–Trinajstić information content (AvgIpc) is 2.97. The predicted octanol–water partition coefficient (Wildman–Crippen LogP) is 1.19. The van der Waals surface area contributed by atoms with Crippen LogP contribution in [0.1, 0.15) is 33.3 Å². The molecule has 2 aromatic rings. The monoisotopic (exact) mass is 365 g/mol. The van der Waals surface area contributed by atoms with Crippen molar-refractivity contribution in [2.45, 2.75) is 25.6 Å². The fourth-order valence-corrected chi connectivity index (χ4v) is 4.00. The van der Waals surface area contributed by atoms with E-state index >= 15 is 0 Å². The van der Waals surface area contributed by atoms with Gasteiger partial charge >= 0.3 is 0 Å². The third-order valence-electron chi connectivity index (χ3n) is 5.28. The number of ether oxygens (including phenoxy) is 1. The molecule has 1 aromatic carbocycles. The Hall–Kier alpha value is -2.93.